The van der Waals surface area contributed by atoms with E-state index in [0.717, 1.165) is 19.3 Å². The molecule has 2 aromatic rings. The summed E-state index contributed by atoms with van der Waals surface area (Å²) >= 11 is 0. The van der Waals surface area contributed by atoms with Gasteiger partial charge in [-0.3, -0.25) is 0 Å². The van der Waals surface area contributed by atoms with Crippen molar-refractivity contribution in [3.8, 4) is 0 Å². The minimum absolute atomic E-state index is 0.154. The molecule has 0 aliphatic heterocycles. The molecule has 116 valence electrons. The van der Waals surface area contributed by atoms with Gasteiger partial charge in [-0.15, -0.1) is 0 Å². The molecule has 0 saturated carbocycles. The van der Waals surface area contributed by atoms with Crippen molar-refractivity contribution in [2.24, 2.45) is 11.7 Å². The third kappa shape index (κ3) is 3.54. The van der Waals surface area contributed by atoms with Gasteiger partial charge in [0.1, 0.15) is 5.82 Å². The Bertz CT molecular complexity index is 601. The predicted molar refractivity (Wildman–Crippen MR) is 88.0 cm³/mol. The molecule has 1 aliphatic carbocycles. The van der Waals surface area contributed by atoms with Crippen molar-refractivity contribution in [2.45, 2.75) is 31.8 Å². The Hall–Kier alpha value is -1.71. The zero-order valence-corrected chi connectivity index (χ0v) is 12.8. The second-order valence-corrected chi connectivity index (χ2v) is 6.18. The summed E-state index contributed by atoms with van der Waals surface area (Å²) in [6.45, 7) is 1.12. The van der Waals surface area contributed by atoms with Gasteiger partial charge in [0.15, 0.2) is 0 Å². The fraction of sp³-hybridized carbons (Fsp3) is 0.368. The Kier molecular flexibility index (Phi) is 4.86. The Balaban J connectivity index is 1.54. The lowest BCUT2D eigenvalue weighted by molar-refractivity contribution is 0.392. The fourth-order valence-corrected chi connectivity index (χ4v) is 3.38. The molecule has 22 heavy (non-hydrogen) atoms. The van der Waals surface area contributed by atoms with Crippen LogP contribution in [0.1, 0.15) is 23.1 Å². The van der Waals surface area contributed by atoms with Gasteiger partial charge in [0.25, 0.3) is 0 Å². The van der Waals surface area contributed by atoms with Gasteiger partial charge in [-0.2, -0.15) is 0 Å². The highest BCUT2D eigenvalue weighted by Crippen LogP contribution is 2.29. The van der Waals surface area contributed by atoms with Crippen molar-refractivity contribution in [2.75, 3.05) is 6.54 Å². The average molecular weight is 298 g/mol. The van der Waals surface area contributed by atoms with Crippen LogP contribution in [-0.4, -0.2) is 12.6 Å². The van der Waals surface area contributed by atoms with E-state index in [1.165, 1.54) is 17.2 Å². The first-order chi connectivity index (χ1) is 10.8. The van der Waals surface area contributed by atoms with Gasteiger partial charge in [0, 0.05) is 24.7 Å². The zero-order valence-electron chi connectivity index (χ0n) is 12.8. The van der Waals surface area contributed by atoms with E-state index in [1.54, 1.807) is 6.07 Å². The summed E-state index contributed by atoms with van der Waals surface area (Å²) in [5.41, 5.74) is 9.55. The molecule has 0 saturated heterocycles. The van der Waals surface area contributed by atoms with E-state index in [0.29, 0.717) is 24.6 Å². The molecule has 3 heteroatoms. The number of nitrogens with two attached hydrogens (primary N) is 1. The number of rotatable bonds is 6. The summed E-state index contributed by atoms with van der Waals surface area (Å²) < 4.78 is 13.7. The van der Waals surface area contributed by atoms with Gasteiger partial charge < -0.3 is 11.1 Å². The quantitative estimate of drug-likeness (QED) is 0.860. The standard InChI is InChI=1S/C19H23FN2/c20-19-8-4-3-7-17(19)13-22-18(12-21)11-14-9-15-5-1-2-6-16(15)10-14/h1-8,14,18,22H,9-13,21H2. The molecule has 3 N–H and O–H groups in total. The van der Waals surface area contributed by atoms with Crippen molar-refractivity contribution in [3.05, 3.63) is 71.0 Å². The van der Waals surface area contributed by atoms with Crippen LogP contribution in [0, 0.1) is 11.7 Å². The molecule has 2 nitrogen and oxygen atoms in total. The summed E-state index contributed by atoms with van der Waals surface area (Å²) in [4.78, 5) is 0. The van der Waals surface area contributed by atoms with Crippen LogP contribution in [-0.2, 0) is 19.4 Å². The highest BCUT2D eigenvalue weighted by Gasteiger charge is 2.23. The van der Waals surface area contributed by atoms with Gasteiger partial charge in [0.2, 0.25) is 0 Å². The molecule has 0 spiro atoms. The molecule has 0 fully saturated rings. The van der Waals surface area contributed by atoms with Crippen molar-refractivity contribution in [3.63, 3.8) is 0 Å². The molecule has 0 radical (unpaired) electrons. The fourth-order valence-electron chi connectivity index (χ4n) is 3.38. The van der Waals surface area contributed by atoms with E-state index >= 15 is 0 Å². The summed E-state index contributed by atoms with van der Waals surface area (Å²) in [5, 5.41) is 3.42. The molecular formula is C19H23FN2. The van der Waals surface area contributed by atoms with E-state index in [4.69, 9.17) is 5.73 Å². The molecule has 0 heterocycles. The number of benzene rings is 2. The van der Waals surface area contributed by atoms with Crippen LogP contribution in [0.25, 0.3) is 0 Å². The van der Waals surface area contributed by atoms with E-state index in [1.807, 2.05) is 12.1 Å². The van der Waals surface area contributed by atoms with E-state index < -0.39 is 0 Å². The molecule has 3 rings (SSSR count). The monoisotopic (exact) mass is 298 g/mol. The molecule has 1 aliphatic rings. The summed E-state index contributed by atoms with van der Waals surface area (Å²) in [6, 6.07) is 15.8. The van der Waals surface area contributed by atoms with Crippen LogP contribution in [0.4, 0.5) is 4.39 Å². The Morgan fingerprint density at radius 1 is 1.05 bits per heavy atom. The Morgan fingerprint density at radius 3 is 2.32 bits per heavy atom. The van der Waals surface area contributed by atoms with Gasteiger partial charge in [-0.25, -0.2) is 4.39 Å². The van der Waals surface area contributed by atoms with Crippen LogP contribution in [0.2, 0.25) is 0 Å². The molecule has 1 unspecified atom stereocenters. The largest absolute Gasteiger partial charge is 0.329 e. The van der Waals surface area contributed by atoms with Crippen molar-refractivity contribution in [1.29, 1.82) is 0 Å². The maximum atomic E-state index is 13.7. The number of hydrogen-bond acceptors (Lipinski definition) is 2. The Morgan fingerprint density at radius 2 is 1.68 bits per heavy atom. The highest BCUT2D eigenvalue weighted by atomic mass is 19.1. The molecule has 2 aromatic carbocycles. The second kappa shape index (κ2) is 7.03. The lowest BCUT2D eigenvalue weighted by Gasteiger charge is -2.20. The van der Waals surface area contributed by atoms with Crippen molar-refractivity contribution in [1.82, 2.24) is 5.32 Å². The molecular weight excluding hydrogens is 275 g/mol. The van der Waals surface area contributed by atoms with Gasteiger partial charge in [0.05, 0.1) is 0 Å². The third-order valence-corrected chi connectivity index (χ3v) is 4.58. The summed E-state index contributed by atoms with van der Waals surface area (Å²) in [7, 11) is 0. The van der Waals surface area contributed by atoms with Crippen LogP contribution >= 0.6 is 0 Å². The zero-order chi connectivity index (χ0) is 15.4. The number of fused-ring (bicyclic) bond motifs is 1. The normalized spacial score (nSPS) is 15.7. The van der Waals surface area contributed by atoms with E-state index in [9.17, 15) is 4.39 Å². The van der Waals surface area contributed by atoms with Crippen LogP contribution < -0.4 is 11.1 Å². The predicted octanol–water partition coefficient (Wildman–Crippen LogP) is 3.05. The number of nitrogens with one attached hydrogen (secondary N) is 1. The van der Waals surface area contributed by atoms with Crippen LogP contribution in [0.15, 0.2) is 48.5 Å². The minimum Gasteiger partial charge on any atom is -0.329 e. The van der Waals surface area contributed by atoms with Crippen molar-refractivity contribution < 1.29 is 4.39 Å². The Labute approximate surface area is 131 Å². The van der Waals surface area contributed by atoms with E-state index in [-0.39, 0.29) is 11.9 Å². The maximum Gasteiger partial charge on any atom is 0.127 e. The van der Waals surface area contributed by atoms with Gasteiger partial charge in [-0.1, -0.05) is 42.5 Å². The van der Waals surface area contributed by atoms with Crippen LogP contribution in [0.5, 0.6) is 0 Å². The maximum absolute atomic E-state index is 13.7. The number of halogens is 1. The molecule has 0 aromatic heterocycles. The first-order valence-corrected chi connectivity index (χ1v) is 8.00. The first kappa shape index (κ1) is 15.2. The van der Waals surface area contributed by atoms with Crippen molar-refractivity contribution >= 4 is 0 Å². The minimum atomic E-state index is -0.154. The van der Waals surface area contributed by atoms with Crippen LogP contribution in [0.3, 0.4) is 0 Å². The molecule has 0 bridgehead atoms. The second-order valence-electron chi connectivity index (χ2n) is 6.18. The third-order valence-electron chi connectivity index (χ3n) is 4.58. The van der Waals surface area contributed by atoms with Gasteiger partial charge >= 0.3 is 0 Å². The lowest BCUT2D eigenvalue weighted by Crippen LogP contribution is -2.37. The average Bonchev–Trinajstić information content (AvgIpc) is 2.95. The smallest absolute Gasteiger partial charge is 0.127 e. The summed E-state index contributed by atoms with van der Waals surface area (Å²) in [5.74, 6) is 0.484. The lowest BCUT2D eigenvalue weighted by atomic mass is 9.96. The molecule has 0 amide bonds. The first-order valence-electron chi connectivity index (χ1n) is 8.00. The highest BCUT2D eigenvalue weighted by molar-refractivity contribution is 5.32. The summed E-state index contributed by atoms with van der Waals surface area (Å²) in [6.07, 6.45) is 3.31. The van der Waals surface area contributed by atoms with Gasteiger partial charge in [-0.05, 0) is 42.4 Å². The topological polar surface area (TPSA) is 38.0 Å². The SMILES string of the molecule is NCC(CC1Cc2ccccc2C1)NCc1ccccc1F. The molecule has 1 atom stereocenters. The van der Waals surface area contributed by atoms with E-state index in [2.05, 4.69) is 29.6 Å². The number of hydrogen-bond donors (Lipinski definition) is 2.